The lowest BCUT2D eigenvalue weighted by molar-refractivity contribution is -0.119. The molecule has 2 heterocycles. The first-order chi connectivity index (χ1) is 10.0. The molecule has 110 valence electrons. The average Bonchev–Trinajstić information content (AvgIpc) is 3.00. The summed E-state index contributed by atoms with van der Waals surface area (Å²) in [6, 6.07) is 5.98. The van der Waals surface area contributed by atoms with Gasteiger partial charge in [-0.05, 0) is 38.0 Å². The maximum Gasteiger partial charge on any atom is 0.220 e. The summed E-state index contributed by atoms with van der Waals surface area (Å²) in [6.07, 6.45) is 2.12. The second kappa shape index (κ2) is 5.48. The Bertz CT molecular complexity index is 695. The summed E-state index contributed by atoms with van der Waals surface area (Å²) in [5.74, 6) is 1.67. The van der Waals surface area contributed by atoms with Crippen molar-refractivity contribution >= 4 is 17.5 Å². The van der Waals surface area contributed by atoms with Crippen LogP contribution in [-0.4, -0.2) is 26.7 Å². The van der Waals surface area contributed by atoms with Gasteiger partial charge in [0.25, 0.3) is 0 Å². The molecule has 1 atom stereocenters. The molecule has 2 aromatic rings. The fourth-order valence-electron chi connectivity index (χ4n) is 2.56. The van der Waals surface area contributed by atoms with Crippen LogP contribution >= 0.6 is 11.6 Å². The van der Waals surface area contributed by atoms with E-state index in [2.05, 4.69) is 15.4 Å². The van der Waals surface area contributed by atoms with E-state index < -0.39 is 0 Å². The maximum absolute atomic E-state index is 11.3. The molecule has 1 saturated heterocycles. The highest BCUT2D eigenvalue weighted by Crippen LogP contribution is 2.21. The van der Waals surface area contributed by atoms with Gasteiger partial charge in [0, 0.05) is 23.9 Å². The Balaban J connectivity index is 1.91. The van der Waals surface area contributed by atoms with Crippen molar-refractivity contribution in [3.63, 3.8) is 0 Å². The van der Waals surface area contributed by atoms with Crippen LogP contribution < -0.4 is 5.32 Å². The van der Waals surface area contributed by atoms with Crippen LogP contribution in [0.15, 0.2) is 18.2 Å². The van der Waals surface area contributed by atoms with E-state index in [0.29, 0.717) is 23.7 Å². The number of amides is 1. The van der Waals surface area contributed by atoms with Gasteiger partial charge in [-0.3, -0.25) is 4.79 Å². The molecule has 6 heteroatoms. The standard InChI is InChI=1S/C15H17ClN4O/c1-9-3-5-12(8-13(9)16)20-14(17-10(2)19-20)7-11-4-6-15(21)18-11/h3,5,8,11H,4,6-7H2,1-2H3,(H,18,21)/t11-/m1/s1. The number of aromatic nitrogens is 3. The number of nitrogens with zero attached hydrogens (tertiary/aromatic N) is 3. The van der Waals surface area contributed by atoms with E-state index in [1.807, 2.05) is 36.7 Å². The molecule has 1 aromatic heterocycles. The molecule has 1 aliphatic rings. The van der Waals surface area contributed by atoms with E-state index in [0.717, 1.165) is 23.5 Å². The van der Waals surface area contributed by atoms with Crippen LogP contribution in [0, 0.1) is 13.8 Å². The summed E-state index contributed by atoms with van der Waals surface area (Å²) in [7, 11) is 0. The van der Waals surface area contributed by atoms with Gasteiger partial charge in [0.05, 0.1) is 5.69 Å². The van der Waals surface area contributed by atoms with Gasteiger partial charge in [-0.25, -0.2) is 9.67 Å². The van der Waals surface area contributed by atoms with E-state index >= 15 is 0 Å². The third kappa shape index (κ3) is 2.93. The smallest absolute Gasteiger partial charge is 0.220 e. The second-order valence-electron chi connectivity index (χ2n) is 5.43. The Labute approximate surface area is 128 Å². The highest BCUT2D eigenvalue weighted by molar-refractivity contribution is 6.31. The van der Waals surface area contributed by atoms with Crippen LogP contribution in [0.2, 0.25) is 5.02 Å². The van der Waals surface area contributed by atoms with Crippen molar-refractivity contribution in [3.05, 3.63) is 40.4 Å². The molecule has 0 radical (unpaired) electrons. The first kappa shape index (κ1) is 14.1. The van der Waals surface area contributed by atoms with Gasteiger partial charge >= 0.3 is 0 Å². The number of hydrogen-bond donors (Lipinski definition) is 1. The minimum Gasteiger partial charge on any atom is -0.353 e. The van der Waals surface area contributed by atoms with Gasteiger partial charge in [0.15, 0.2) is 0 Å². The SMILES string of the molecule is Cc1nc(C[C@H]2CCC(=O)N2)n(-c2ccc(C)c(Cl)c2)n1. The van der Waals surface area contributed by atoms with Crippen LogP contribution in [0.5, 0.6) is 0 Å². The molecule has 3 rings (SSSR count). The zero-order valence-electron chi connectivity index (χ0n) is 12.1. The third-order valence-corrected chi connectivity index (χ3v) is 4.10. The van der Waals surface area contributed by atoms with Crippen LogP contribution in [-0.2, 0) is 11.2 Å². The molecule has 21 heavy (non-hydrogen) atoms. The van der Waals surface area contributed by atoms with Crippen LogP contribution in [0.3, 0.4) is 0 Å². The molecule has 1 aliphatic heterocycles. The van der Waals surface area contributed by atoms with Crippen molar-refractivity contribution < 1.29 is 4.79 Å². The van der Waals surface area contributed by atoms with Gasteiger partial charge in [-0.15, -0.1) is 0 Å². The van der Waals surface area contributed by atoms with Gasteiger partial charge < -0.3 is 5.32 Å². The molecule has 1 N–H and O–H groups in total. The number of halogens is 1. The van der Waals surface area contributed by atoms with Crippen molar-refractivity contribution in [1.29, 1.82) is 0 Å². The fourth-order valence-corrected chi connectivity index (χ4v) is 2.74. The summed E-state index contributed by atoms with van der Waals surface area (Å²) in [6.45, 7) is 3.83. The molecule has 0 aliphatic carbocycles. The normalized spacial score (nSPS) is 18.0. The largest absolute Gasteiger partial charge is 0.353 e. The predicted octanol–water partition coefficient (Wildman–Crippen LogP) is 2.36. The van der Waals surface area contributed by atoms with Gasteiger partial charge in [0.2, 0.25) is 5.91 Å². The Morgan fingerprint density at radius 1 is 1.43 bits per heavy atom. The second-order valence-corrected chi connectivity index (χ2v) is 5.83. The van der Waals surface area contributed by atoms with Crippen LogP contribution in [0.25, 0.3) is 5.69 Å². The Hall–Kier alpha value is -1.88. The topological polar surface area (TPSA) is 59.8 Å². The molecule has 0 unspecified atom stereocenters. The van der Waals surface area contributed by atoms with Crippen molar-refractivity contribution in [2.75, 3.05) is 0 Å². The Morgan fingerprint density at radius 3 is 2.90 bits per heavy atom. The molecular formula is C15H17ClN4O. The Morgan fingerprint density at radius 2 is 2.24 bits per heavy atom. The van der Waals surface area contributed by atoms with Crippen LogP contribution in [0.1, 0.15) is 30.1 Å². The highest BCUT2D eigenvalue weighted by atomic mass is 35.5. The molecule has 0 spiro atoms. The lowest BCUT2D eigenvalue weighted by Crippen LogP contribution is -2.28. The molecule has 5 nitrogen and oxygen atoms in total. The number of aryl methyl sites for hydroxylation is 2. The van der Waals surface area contributed by atoms with E-state index in [1.54, 1.807) is 0 Å². The van der Waals surface area contributed by atoms with Crippen molar-refractivity contribution in [2.45, 2.75) is 39.2 Å². The van der Waals surface area contributed by atoms with Crippen molar-refractivity contribution in [2.24, 2.45) is 0 Å². The van der Waals surface area contributed by atoms with E-state index in [-0.39, 0.29) is 11.9 Å². The molecule has 1 amide bonds. The van der Waals surface area contributed by atoms with Gasteiger partial charge in [-0.2, -0.15) is 5.10 Å². The lowest BCUT2D eigenvalue weighted by atomic mass is 10.1. The summed E-state index contributed by atoms with van der Waals surface area (Å²) in [5.41, 5.74) is 1.92. The van der Waals surface area contributed by atoms with Crippen molar-refractivity contribution in [1.82, 2.24) is 20.1 Å². The Kier molecular flexibility index (Phi) is 3.68. The first-order valence-electron chi connectivity index (χ1n) is 7.01. The summed E-state index contributed by atoms with van der Waals surface area (Å²) in [5, 5.41) is 8.12. The first-order valence-corrected chi connectivity index (χ1v) is 7.39. The summed E-state index contributed by atoms with van der Waals surface area (Å²) >= 11 is 6.19. The predicted molar refractivity (Wildman–Crippen MR) is 80.7 cm³/mol. The summed E-state index contributed by atoms with van der Waals surface area (Å²) in [4.78, 5) is 15.8. The van der Waals surface area contributed by atoms with Crippen molar-refractivity contribution in [3.8, 4) is 5.69 Å². The number of hydrogen-bond acceptors (Lipinski definition) is 3. The third-order valence-electron chi connectivity index (χ3n) is 3.69. The average molecular weight is 305 g/mol. The number of carbonyl (C=O) groups excluding carboxylic acids is 1. The lowest BCUT2D eigenvalue weighted by Gasteiger charge is -2.11. The fraction of sp³-hybridized carbons (Fsp3) is 0.400. The monoisotopic (exact) mass is 304 g/mol. The minimum absolute atomic E-state index is 0.112. The number of carbonyl (C=O) groups is 1. The zero-order chi connectivity index (χ0) is 15.0. The maximum atomic E-state index is 11.3. The molecular weight excluding hydrogens is 288 g/mol. The van der Waals surface area contributed by atoms with Gasteiger partial charge in [-0.1, -0.05) is 17.7 Å². The van der Waals surface area contributed by atoms with E-state index in [1.165, 1.54) is 0 Å². The molecule has 0 bridgehead atoms. The van der Waals surface area contributed by atoms with E-state index in [9.17, 15) is 4.79 Å². The van der Waals surface area contributed by atoms with E-state index in [4.69, 9.17) is 11.6 Å². The molecule has 1 aromatic carbocycles. The number of rotatable bonds is 3. The molecule has 1 fully saturated rings. The zero-order valence-corrected chi connectivity index (χ0v) is 12.8. The molecule has 0 saturated carbocycles. The van der Waals surface area contributed by atoms with Gasteiger partial charge in [0.1, 0.15) is 11.6 Å². The quantitative estimate of drug-likeness (QED) is 0.947. The summed E-state index contributed by atoms with van der Waals surface area (Å²) < 4.78 is 1.81. The number of nitrogens with one attached hydrogen (secondary N) is 1. The number of benzene rings is 1. The highest BCUT2D eigenvalue weighted by Gasteiger charge is 2.23. The minimum atomic E-state index is 0.112. The van der Waals surface area contributed by atoms with Crippen LogP contribution in [0.4, 0.5) is 0 Å².